The summed E-state index contributed by atoms with van der Waals surface area (Å²) in [6.07, 6.45) is 1.66. The average Bonchev–Trinajstić information content (AvgIpc) is 3.15. The highest BCUT2D eigenvalue weighted by Gasteiger charge is 2.51. The van der Waals surface area contributed by atoms with Gasteiger partial charge in [0.1, 0.15) is 13.2 Å². The van der Waals surface area contributed by atoms with Gasteiger partial charge in [-0.2, -0.15) is 0 Å². The number of carbonyl (C=O) groups is 2. The van der Waals surface area contributed by atoms with E-state index in [1.54, 1.807) is 6.08 Å². The van der Waals surface area contributed by atoms with Crippen LogP contribution in [0.1, 0.15) is 17.5 Å². The molecule has 0 spiro atoms. The molecule has 0 bridgehead atoms. The van der Waals surface area contributed by atoms with Crippen LogP contribution in [-0.2, 0) is 27.5 Å². The molecule has 2 aromatic carbocycles. The van der Waals surface area contributed by atoms with Crippen molar-refractivity contribution < 1.29 is 19.1 Å². The van der Waals surface area contributed by atoms with Crippen molar-refractivity contribution >= 4 is 12.1 Å². The van der Waals surface area contributed by atoms with E-state index in [9.17, 15) is 9.59 Å². The Hall–Kier alpha value is -3.12. The minimum Gasteiger partial charge on any atom is -0.459 e. The molecule has 2 atom stereocenters. The van der Waals surface area contributed by atoms with Gasteiger partial charge in [0.05, 0.1) is 0 Å². The monoisotopic (exact) mass is 394 g/mol. The van der Waals surface area contributed by atoms with Crippen LogP contribution < -0.4 is 10.6 Å². The molecule has 152 valence electrons. The number of allylic oxidation sites excluding steroid dienone is 1. The number of amides is 1. The smallest absolute Gasteiger partial charge is 0.408 e. The Bertz CT molecular complexity index is 825. The fourth-order valence-corrected chi connectivity index (χ4v) is 3.48. The van der Waals surface area contributed by atoms with E-state index in [2.05, 4.69) is 17.2 Å². The van der Waals surface area contributed by atoms with Gasteiger partial charge in [-0.1, -0.05) is 66.7 Å². The van der Waals surface area contributed by atoms with Crippen molar-refractivity contribution in [2.75, 3.05) is 13.1 Å². The van der Waals surface area contributed by atoms with Gasteiger partial charge in [0.25, 0.3) is 0 Å². The number of esters is 1. The van der Waals surface area contributed by atoms with E-state index in [0.717, 1.165) is 11.1 Å². The first-order valence-corrected chi connectivity index (χ1v) is 9.65. The second-order valence-corrected chi connectivity index (χ2v) is 7.07. The molecule has 1 aliphatic rings. The predicted octanol–water partition coefficient (Wildman–Crippen LogP) is 3.19. The van der Waals surface area contributed by atoms with Gasteiger partial charge in [-0.05, 0) is 17.5 Å². The van der Waals surface area contributed by atoms with Crippen LogP contribution in [0.3, 0.4) is 0 Å². The Morgan fingerprint density at radius 1 is 1.03 bits per heavy atom. The molecule has 3 rings (SSSR count). The lowest BCUT2D eigenvalue weighted by Gasteiger charge is -2.32. The summed E-state index contributed by atoms with van der Waals surface area (Å²) in [6.45, 7) is 4.89. The number of carbonyl (C=O) groups excluding carboxylic acids is 2. The first-order valence-electron chi connectivity index (χ1n) is 9.65. The highest BCUT2D eigenvalue weighted by molar-refractivity contribution is 5.87. The van der Waals surface area contributed by atoms with Crippen molar-refractivity contribution in [2.24, 2.45) is 5.92 Å². The summed E-state index contributed by atoms with van der Waals surface area (Å²) in [5.41, 5.74) is 0.556. The van der Waals surface area contributed by atoms with Gasteiger partial charge in [0, 0.05) is 19.0 Å². The molecule has 1 aliphatic heterocycles. The Kier molecular flexibility index (Phi) is 7.03. The first-order chi connectivity index (χ1) is 14.1. The molecule has 0 aliphatic carbocycles. The lowest BCUT2D eigenvalue weighted by atomic mass is 9.84. The lowest BCUT2D eigenvalue weighted by Crippen LogP contribution is -2.60. The third-order valence-corrected chi connectivity index (χ3v) is 5.06. The zero-order valence-electron chi connectivity index (χ0n) is 16.3. The number of benzene rings is 2. The Labute approximate surface area is 170 Å². The minimum absolute atomic E-state index is 0.126. The second kappa shape index (κ2) is 9.89. The largest absolute Gasteiger partial charge is 0.459 e. The second-order valence-electron chi connectivity index (χ2n) is 7.07. The summed E-state index contributed by atoms with van der Waals surface area (Å²) in [5.74, 6) is -0.651. The summed E-state index contributed by atoms with van der Waals surface area (Å²) in [4.78, 5) is 25.6. The van der Waals surface area contributed by atoms with E-state index < -0.39 is 17.6 Å². The van der Waals surface area contributed by atoms with Gasteiger partial charge in [-0.25, -0.2) is 9.59 Å². The van der Waals surface area contributed by atoms with E-state index >= 15 is 0 Å². The van der Waals surface area contributed by atoms with Gasteiger partial charge >= 0.3 is 12.1 Å². The maximum Gasteiger partial charge on any atom is 0.408 e. The summed E-state index contributed by atoms with van der Waals surface area (Å²) < 4.78 is 10.9. The number of alkyl carbamates (subject to hydrolysis) is 1. The van der Waals surface area contributed by atoms with Crippen molar-refractivity contribution in [3.05, 3.63) is 84.4 Å². The molecule has 2 aromatic rings. The maximum atomic E-state index is 13.1. The molecule has 0 radical (unpaired) electrons. The number of ether oxygens (including phenoxy) is 2. The van der Waals surface area contributed by atoms with E-state index in [-0.39, 0.29) is 25.7 Å². The molecule has 1 amide bonds. The zero-order valence-corrected chi connectivity index (χ0v) is 16.3. The molecule has 6 heteroatoms. The normalized spacial score (nSPS) is 20.6. The molecule has 6 nitrogen and oxygen atoms in total. The third kappa shape index (κ3) is 5.23. The van der Waals surface area contributed by atoms with E-state index in [1.165, 1.54) is 0 Å². The first kappa shape index (κ1) is 20.6. The van der Waals surface area contributed by atoms with E-state index in [1.807, 2.05) is 60.7 Å². The van der Waals surface area contributed by atoms with E-state index in [0.29, 0.717) is 13.0 Å². The SMILES string of the molecule is C=CC[C@H]1CNC[C@@]1(NC(=O)OCc1ccccc1)C(=O)OCc1ccccc1. The van der Waals surface area contributed by atoms with Crippen molar-refractivity contribution in [3.63, 3.8) is 0 Å². The Morgan fingerprint density at radius 3 is 2.21 bits per heavy atom. The molecule has 2 N–H and O–H groups in total. The maximum absolute atomic E-state index is 13.1. The van der Waals surface area contributed by atoms with Crippen LogP contribution in [0.25, 0.3) is 0 Å². The van der Waals surface area contributed by atoms with Crippen molar-refractivity contribution in [1.29, 1.82) is 0 Å². The Morgan fingerprint density at radius 2 is 1.62 bits per heavy atom. The molecule has 0 unspecified atom stereocenters. The van der Waals surface area contributed by atoms with E-state index in [4.69, 9.17) is 9.47 Å². The standard InChI is InChI=1S/C23H26N2O4/c1-2-9-20-14-24-17-23(20,21(26)28-15-18-10-5-3-6-11-18)25-22(27)29-16-19-12-7-4-8-13-19/h2-8,10-13,20,24H,1,9,14-17H2,(H,25,27)/t20-,23-/m0/s1. The molecule has 29 heavy (non-hydrogen) atoms. The minimum atomic E-state index is -1.20. The molecule has 1 saturated heterocycles. The van der Waals surface area contributed by atoms with Gasteiger partial charge in [-0.15, -0.1) is 6.58 Å². The fourth-order valence-electron chi connectivity index (χ4n) is 3.48. The van der Waals surface area contributed by atoms with Crippen molar-refractivity contribution in [1.82, 2.24) is 10.6 Å². The quantitative estimate of drug-likeness (QED) is 0.531. The summed E-state index contributed by atoms with van der Waals surface area (Å²) >= 11 is 0. The van der Waals surface area contributed by atoms with Crippen LogP contribution in [0.5, 0.6) is 0 Å². The molecule has 1 fully saturated rings. The fraction of sp³-hybridized carbons (Fsp3) is 0.304. The molecular weight excluding hydrogens is 368 g/mol. The highest BCUT2D eigenvalue weighted by Crippen LogP contribution is 2.28. The van der Waals surface area contributed by atoms with Crippen LogP contribution >= 0.6 is 0 Å². The van der Waals surface area contributed by atoms with Crippen LogP contribution in [-0.4, -0.2) is 30.7 Å². The van der Waals surface area contributed by atoms with Gasteiger partial charge < -0.3 is 20.1 Å². The molecule has 0 aromatic heterocycles. The molecule has 0 saturated carbocycles. The third-order valence-electron chi connectivity index (χ3n) is 5.06. The van der Waals surface area contributed by atoms with Crippen molar-refractivity contribution in [3.8, 4) is 0 Å². The average molecular weight is 394 g/mol. The van der Waals surface area contributed by atoms with Gasteiger partial charge in [-0.3, -0.25) is 0 Å². The summed E-state index contributed by atoms with van der Waals surface area (Å²) in [5, 5.41) is 5.98. The van der Waals surface area contributed by atoms with Crippen molar-refractivity contribution in [2.45, 2.75) is 25.2 Å². The number of hydrogen-bond donors (Lipinski definition) is 2. The van der Waals surface area contributed by atoms with Crippen LogP contribution in [0.4, 0.5) is 4.79 Å². The zero-order chi connectivity index (χ0) is 20.5. The number of hydrogen-bond acceptors (Lipinski definition) is 5. The predicted molar refractivity (Wildman–Crippen MR) is 110 cm³/mol. The van der Waals surface area contributed by atoms with Crippen LogP contribution in [0.15, 0.2) is 73.3 Å². The van der Waals surface area contributed by atoms with Gasteiger partial charge in [0.2, 0.25) is 0 Å². The molecule has 1 heterocycles. The van der Waals surface area contributed by atoms with Crippen LogP contribution in [0.2, 0.25) is 0 Å². The topological polar surface area (TPSA) is 76.7 Å². The van der Waals surface area contributed by atoms with Gasteiger partial charge in [0.15, 0.2) is 5.54 Å². The highest BCUT2D eigenvalue weighted by atomic mass is 16.6. The van der Waals surface area contributed by atoms with Crippen LogP contribution in [0, 0.1) is 5.92 Å². The number of nitrogens with one attached hydrogen (secondary N) is 2. The molecular formula is C23H26N2O4. The lowest BCUT2D eigenvalue weighted by molar-refractivity contribution is -0.153. The summed E-state index contributed by atoms with van der Waals surface area (Å²) in [7, 11) is 0. The Balaban J connectivity index is 1.68. The summed E-state index contributed by atoms with van der Waals surface area (Å²) in [6, 6.07) is 18.8. The number of rotatable bonds is 8.